The number of anilines is 1. The van der Waals surface area contributed by atoms with Gasteiger partial charge in [0.25, 0.3) is 0 Å². The molecule has 0 aliphatic heterocycles. The standard InChI is InChI=1S/C25H37N/c1-8-10-11-15-23-19(6)22(9-2)24(20(7)25(23)26-17(3)4)21-14-12-13-18(5)16-21/h9,16-17,21,26H,2,6-8,10-15H2,1,3-5H3. The number of hydrogen-bond donors (Lipinski definition) is 1. The fourth-order valence-corrected chi connectivity index (χ4v) is 4.24. The van der Waals surface area contributed by atoms with Crippen LogP contribution in [0.15, 0.2) is 18.2 Å². The Balaban J connectivity index is 2.67. The molecular formula is C25H37N. The van der Waals surface area contributed by atoms with Crippen LogP contribution in [0.25, 0.3) is 19.2 Å². The Kier molecular flexibility index (Phi) is 7.32. The smallest absolute Gasteiger partial charge is 0.0451 e. The van der Waals surface area contributed by atoms with Gasteiger partial charge in [0.05, 0.1) is 0 Å². The number of benzene rings is 1. The second-order valence-corrected chi connectivity index (χ2v) is 8.11. The van der Waals surface area contributed by atoms with Gasteiger partial charge >= 0.3 is 0 Å². The second-order valence-electron chi connectivity index (χ2n) is 8.11. The van der Waals surface area contributed by atoms with Crippen LogP contribution in [-0.2, 0) is 6.42 Å². The summed E-state index contributed by atoms with van der Waals surface area (Å²) in [5, 5.41) is 6.00. The average Bonchev–Trinajstić information content (AvgIpc) is 2.59. The first-order chi connectivity index (χ1) is 12.4. The number of unbranched alkanes of at least 4 members (excludes halogenated alkanes) is 2. The van der Waals surface area contributed by atoms with Crippen molar-refractivity contribution in [3.05, 3.63) is 45.4 Å². The van der Waals surface area contributed by atoms with Gasteiger partial charge in [0, 0.05) is 17.6 Å². The van der Waals surface area contributed by atoms with Crippen LogP contribution in [0.4, 0.5) is 5.69 Å². The second kappa shape index (κ2) is 9.26. The third-order valence-electron chi connectivity index (χ3n) is 5.52. The fourth-order valence-electron chi connectivity index (χ4n) is 4.24. The van der Waals surface area contributed by atoms with Crippen molar-refractivity contribution in [2.24, 2.45) is 0 Å². The predicted molar refractivity (Wildman–Crippen MR) is 119 cm³/mol. The maximum absolute atomic E-state index is 4.55. The SMILES string of the molecule is C=Cc1c(C2C=C(C)CCC2)c(=C)c(NC(C)C)c(CCCCC)c1=C. The first-order valence-electron chi connectivity index (χ1n) is 10.3. The molecule has 1 aliphatic rings. The van der Waals surface area contributed by atoms with E-state index < -0.39 is 0 Å². The van der Waals surface area contributed by atoms with Crippen molar-refractivity contribution in [1.29, 1.82) is 0 Å². The highest BCUT2D eigenvalue weighted by atomic mass is 14.9. The van der Waals surface area contributed by atoms with E-state index >= 15 is 0 Å². The zero-order valence-electron chi connectivity index (χ0n) is 17.4. The van der Waals surface area contributed by atoms with E-state index in [2.05, 4.69) is 58.8 Å². The molecule has 0 aromatic heterocycles. The summed E-state index contributed by atoms with van der Waals surface area (Å²) in [6.45, 7) is 22.1. The van der Waals surface area contributed by atoms with E-state index in [4.69, 9.17) is 0 Å². The number of rotatable bonds is 8. The molecule has 0 saturated heterocycles. The maximum Gasteiger partial charge on any atom is 0.0451 e. The highest BCUT2D eigenvalue weighted by Crippen LogP contribution is 2.32. The van der Waals surface area contributed by atoms with Crippen molar-refractivity contribution in [2.45, 2.75) is 84.6 Å². The lowest BCUT2D eigenvalue weighted by atomic mass is 9.81. The van der Waals surface area contributed by atoms with Crippen LogP contribution in [0.1, 0.15) is 88.8 Å². The van der Waals surface area contributed by atoms with Crippen molar-refractivity contribution >= 4 is 24.9 Å². The Hall–Kier alpha value is -1.76. The van der Waals surface area contributed by atoms with E-state index in [-0.39, 0.29) is 0 Å². The van der Waals surface area contributed by atoms with Gasteiger partial charge < -0.3 is 5.32 Å². The molecule has 0 radical (unpaired) electrons. The number of nitrogens with one attached hydrogen (secondary N) is 1. The van der Waals surface area contributed by atoms with Gasteiger partial charge in [-0.2, -0.15) is 0 Å². The summed E-state index contributed by atoms with van der Waals surface area (Å²) >= 11 is 0. The van der Waals surface area contributed by atoms with Crippen LogP contribution in [0.3, 0.4) is 0 Å². The van der Waals surface area contributed by atoms with Gasteiger partial charge in [-0.05, 0) is 80.0 Å². The Morgan fingerprint density at radius 2 is 1.96 bits per heavy atom. The van der Waals surface area contributed by atoms with Crippen LogP contribution in [-0.4, -0.2) is 6.04 Å². The average molecular weight is 352 g/mol. The van der Waals surface area contributed by atoms with Crippen molar-refractivity contribution < 1.29 is 0 Å². The van der Waals surface area contributed by atoms with E-state index in [0.29, 0.717) is 12.0 Å². The molecule has 1 atom stereocenters. The van der Waals surface area contributed by atoms with E-state index in [0.717, 1.165) is 16.9 Å². The van der Waals surface area contributed by atoms with E-state index in [1.807, 2.05) is 6.08 Å². The van der Waals surface area contributed by atoms with Crippen LogP contribution in [0.5, 0.6) is 0 Å². The summed E-state index contributed by atoms with van der Waals surface area (Å²) in [5.41, 5.74) is 6.61. The molecule has 1 unspecified atom stereocenters. The lowest BCUT2D eigenvalue weighted by molar-refractivity contribution is 0.629. The molecule has 0 fully saturated rings. The molecule has 0 spiro atoms. The first kappa shape index (κ1) is 20.6. The normalized spacial score (nSPS) is 17.3. The van der Waals surface area contributed by atoms with Crippen molar-refractivity contribution in [3.8, 4) is 0 Å². The molecule has 1 N–H and O–H groups in total. The highest BCUT2D eigenvalue weighted by molar-refractivity contribution is 5.67. The lowest BCUT2D eigenvalue weighted by Crippen LogP contribution is -2.31. The predicted octanol–water partition coefficient (Wildman–Crippen LogP) is 5.92. The van der Waals surface area contributed by atoms with Gasteiger partial charge in [-0.3, -0.25) is 0 Å². The zero-order valence-corrected chi connectivity index (χ0v) is 17.4. The molecule has 1 aromatic rings. The van der Waals surface area contributed by atoms with Gasteiger partial charge in [-0.1, -0.05) is 57.2 Å². The van der Waals surface area contributed by atoms with E-state index in [1.165, 1.54) is 66.5 Å². The molecular weight excluding hydrogens is 314 g/mol. The zero-order chi connectivity index (χ0) is 19.3. The first-order valence-corrected chi connectivity index (χ1v) is 10.3. The molecule has 0 amide bonds. The maximum atomic E-state index is 4.55. The van der Waals surface area contributed by atoms with Gasteiger partial charge in [0.2, 0.25) is 0 Å². The van der Waals surface area contributed by atoms with Crippen LogP contribution in [0, 0.1) is 0 Å². The summed E-state index contributed by atoms with van der Waals surface area (Å²) in [7, 11) is 0. The topological polar surface area (TPSA) is 12.0 Å². The largest absolute Gasteiger partial charge is 0.382 e. The van der Waals surface area contributed by atoms with E-state index in [1.54, 1.807) is 0 Å². The summed E-state index contributed by atoms with van der Waals surface area (Å²) in [4.78, 5) is 0. The summed E-state index contributed by atoms with van der Waals surface area (Å²) < 4.78 is 0. The molecule has 1 aliphatic carbocycles. The van der Waals surface area contributed by atoms with Gasteiger partial charge in [-0.15, -0.1) is 0 Å². The Morgan fingerprint density at radius 1 is 1.23 bits per heavy atom. The quantitative estimate of drug-likeness (QED) is 0.453. The van der Waals surface area contributed by atoms with E-state index in [9.17, 15) is 0 Å². The summed E-state index contributed by atoms with van der Waals surface area (Å²) in [6, 6.07) is 0.380. The number of allylic oxidation sites excluding steroid dienone is 2. The summed E-state index contributed by atoms with van der Waals surface area (Å²) in [6.07, 6.45) is 12.8. The minimum Gasteiger partial charge on any atom is -0.382 e. The molecule has 0 bridgehead atoms. The Morgan fingerprint density at radius 3 is 2.54 bits per heavy atom. The van der Waals surface area contributed by atoms with Crippen molar-refractivity contribution in [1.82, 2.24) is 0 Å². The van der Waals surface area contributed by atoms with Crippen LogP contribution < -0.4 is 15.8 Å². The molecule has 1 heteroatoms. The molecule has 2 rings (SSSR count). The van der Waals surface area contributed by atoms with Gasteiger partial charge in [0.15, 0.2) is 0 Å². The molecule has 1 nitrogen and oxygen atoms in total. The van der Waals surface area contributed by atoms with Crippen molar-refractivity contribution in [2.75, 3.05) is 5.32 Å². The molecule has 0 heterocycles. The Bertz CT molecular complexity index is 767. The lowest BCUT2D eigenvalue weighted by Gasteiger charge is -2.26. The molecule has 142 valence electrons. The van der Waals surface area contributed by atoms with Crippen LogP contribution >= 0.6 is 0 Å². The molecule has 26 heavy (non-hydrogen) atoms. The van der Waals surface area contributed by atoms with Gasteiger partial charge in [-0.25, -0.2) is 0 Å². The monoisotopic (exact) mass is 351 g/mol. The minimum absolute atomic E-state index is 0.380. The number of hydrogen-bond acceptors (Lipinski definition) is 1. The fraction of sp³-hybridized carbons (Fsp3) is 0.520. The Labute approximate surface area is 160 Å². The van der Waals surface area contributed by atoms with Crippen LogP contribution in [0.2, 0.25) is 0 Å². The third-order valence-corrected chi connectivity index (χ3v) is 5.52. The molecule has 0 saturated carbocycles. The minimum atomic E-state index is 0.380. The summed E-state index contributed by atoms with van der Waals surface area (Å²) in [5.74, 6) is 0.433. The molecule has 1 aromatic carbocycles. The van der Waals surface area contributed by atoms with Crippen molar-refractivity contribution in [3.63, 3.8) is 0 Å². The third kappa shape index (κ3) is 4.50. The van der Waals surface area contributed by atoms with Gasteiger partial charge in [0.1, 0.15) is 0 Å². The highest BCUT2D eigenvalue weighted by Gasteiger charge is 2.21.